The summed E-state index contributed by atoms with van der Waals surface area (Å²) in [6, 6.07) is 12.2. The second-order valence-electron chi connectivity index (χ2n) is 7.81. The average molecular weight is 460 g/mol. The summed E-state index contributed by atoms with van der Waals surface area (Å²) >= 11 is 0. The Labute approximate surface area is 196 Å². The van der Waals surface area contributed by atoms with Gasteiger partial charge in [-0.2, -0.15) is 10.2 Å². The highest BCUT2D eigenvalue weighted by atomic mass is 16.5. The molecule has 174 valence electrons. The lowest BCUT2D eigenvalue weighted by Crippen LogP contribution is -2.32. The van der Waals surface area contributed by atoms with E-state index in [1.165, 1.54) is 10.5 Å². The van der Waals surface area contributed by atoms with Crippen molar-refractivity contribution in [3.05, 3.63) is 69.6 Å². The minimum atomic E-state index is -0.595. The normalized spacial score (nSPS) is 15.7. The second kappa shape index (κ2) is 10.2. The van der Waals surface area contributed by atoms with Gasteiger partial charge in [-0.1, -0.05) is 6.07 Å². The molecule has 0 unspecified atom stereocenters. The average Bonchev–Trinajstić information content (AvgIpc) is 3.37. The standard InChI is InChI=1S/C25H24N4O5/c1-16-5-3-11-29-22(16)28-24(34-19-9-7-18(32-2)8-10-19)21(25(29)31)13-17(14-26)23(30)27-15-20-6-4-12-33-20/h3,5,7-11,13,20H,4,6,12,15H2,1-2H3,(H,27,30)/b17-13+/t20-/m0/s1. The lowest BCUT2D eigenvalue weighted by Gasteiger charge is -2.12. The summed E-state index contributed by atoms with van der Waals surface area (Å²) in [4.78, 5) is 30.5. The van der Waals surface area contributed by atoms with Crippen LogP contribution in [0.3, 0.4) is 0 Å². The van der Waals surface area contributed by atoms with E-state index in [0.717, 1.165) is 18.4 Å². The molecule has 1 aliphatic rings. The number of carbonyl (C=O) groups excluding carboxylic acids is 1. The summed E-state index contributed by atoms with van der Waals surface area (Å²) < 4.78 is 18.0. The number of aryl methyl sites for hydroxylation is 1. The molecule has 4 rings (SSSR count). The lowest BCUT2D eigenvalue weighted by atomic mass is 10.1. The number of amides is 1. The van der Waals surface area contributed by atoms with Crippen molar-refractivity contribution in [3.8, 4) is 23.4 Å². The number of ether oxygens (including phenoxy) is 3. The minimum Gasteiger partial charge on any atom is -0.497 e. The fraction of sp³-hybridized carbons (Fsp3) is 0.280. The molecule has 1 N–H and O–H groups in total. The van der Waals surface area contributed by atoms with Crippen molar-refractivity contribution in [2.24, 2.45) is 0 Å². The van der Waals surface area contributed by atoms with Crippen molar-refractivity contribution >= 4 is 17.6 Å². The molecule has 0 radical (unpaired) electrons. The topological polar surface area (TPSA) is 115 Å². The van der Waals surface area contributed by atoms with Crippen molar-refractivity contribution in [2.45, 2.75) is 25.9 Å². The van der Waals surface area contributed by atoms with Gasteiger partial charge in [0.25, 0.3) is 11.5 Å². The first-order valence-corrected chi connectivity index (χ1v) is 10.9. The first kappa shape index (κ1) is 23.0. The summed E-state index contributed by atoms with van der Waals surface area (Å²) in [5.74, 6) is 0.456. The summed E-state index contributed by atoms with van der Waals surface area (Å²) in [5.41, 5.74) is 0.475. The zero-order valence-electron chi connectivity index (χ0n) is 18.9. The van der Waals surface area contributed by atoms with Crippen LogP contribution in [0.1, 0.15) is 24.0 Å². The Kier molecular flexibility index (Phi) is 6.90. The third kappa shape index (κ3) is 4.92. The van der Waals surface area contributed by atoms with Gasteiger partial charge in [-0.15, -0.1) is 0 Å². The fourth-order valence-corrected chi connectivity index (χ4v) is 3.65. The van der Waals surface area contributed by atoms with Crippen molar-refractivity contribution in [2.75, 3.05) is 20.3 Å². The maximum absolute atomic E-state index is 13.4. The quantitative estimate of drug-likeness (QED) is 0.426. The monoisotopic (exact) mass is 460 g/mol. The SMILES string of the molecule is COc1ccc(Oc2nc3c(C)cccn3c(=O)c2/C=C(\C#N)C(=O)NC[C@@H]2CCCO2)cc1. The minimum absolute atomic E-state index is 0.0101. The number of nitrogens with zero attached hydrogens (tertiary/aromatic N) is 3. The number of nitriles is 1. The van der Waals surface area contributed by atoms with Gasteiger partial charge < -0.3 is 19.5 Å². The van der Waals surface area contributed by atoms with Crippen molar-refractivity contribution in [1.29, 1.82) is 5.26 Å². The van der Waals surface area contributed by atoms with Gasteiger partial charge in [-0.3, -0.25) is 14.0 Å². The molecule has 9 nitrogen and oxygen atoms in total. The maximum atomic E-state index is 13.4. The molecule has 1 saturated heterocycles. The van der Waals surface area contributed by atoms with Gasteiger partial charge in [0.2, 0.25) is 5.88 Å². The number of carbonyl (C=O) groups is 1. The van der Waals surface area contributed by atoms with Gasteiger partial charge in [-0.25, -0.2) is 0 Å². The van der Waals surface area contributed by atoms with Crippen LogP contribution in [0, 0.1) is 18.3 Å². The van der Waals surface area contributed by atoms with Crippen LogP contribution in [0.5, 0.6) is 17.4 Å². The van der Waals surface area contributed by atoms with E-state index < -0.39 is 11.5 Å². The number of pyridine rings is 1. The highest BCUT2D eigenvalue weighted by Gasteiger charge is 2.20. The highest BCUT2D eigenvalue weighted by Crippen LogP contribution is 2.26. The van der Waals surface area contributed by atoms with Gasteiger partial charge in [0.15, 0.2) is 0 Å². The van der Waals surface area contributed by atoms with Crippen molar-refractivity contribution in [3.63, 3.8) is 0 Å². The van der Waals surface area contributed by atoms with Crippen LogP contribution in [0.25, 0.3) is 11.7 Å². The van der Waals surface area contributed by atoms with E-state index in [2.05, 4.69) is 10.3 Å². The Morgan fingerprint density at radius 2 is 2.09 bits per heavy atom. The van der Waals surface area contributed by atoms with Gasteiger partial charge in [0.05, 0.1) is 13.2 Å². The van der Waals surface area contributed by atoms with Crippen LogP contribution < -0.4 is 20.3 Å². The molecule has 0 aliphatic carbocycles. The van der Waals surface area contributed by atoms with Crippen LogP contribution >= 0.6 is 0 Å². The molecule has 0 saturated carbocycles. The van der Waals surface area contributed by atoms with Crippen molar-refractivity contribution < 1.29 is 19.0 Å². The van der Waals surface area contributed by atoms with E-state index in [1.54, 1.807) is 43.6 Å². The van der Waals surface area contributed by atoms with Gasteiger partial charge in [-0.05, 0) is 61.7 Å². The zero-order valence-corrected chi connectivity index (χ0v) is 18.9. The smallest absolute Gasteiger partial charge is 0.269 e. The number of methoxy groups -OCH3 is 1. The Balaban J connectivity index is 1.74. The summed E-state index contributed by atoms with van der Waals surface area (Å²) in [6.45, 7) is 2.78. The summed E-state index contributed by atoms with van der Waals surface area (Å²) in [6.07, 6.45) is 4.51. The molecular weight excluding hydrogens is 436 g/mol. The third-order valence-electron chi connectivity index (χ3n) is 5.49. The number of fused-ring (bicyclic) bond motifs is 1. The van der Waals surface area contributed by atoms with E-state index in [4.69, 9.17) is 14.2 Å². The van der Waals surface area contributed by atoms with Crippen molar-refractivity contribution in [1.82, 2.24) is 14.7 Å². The third-order valence-corrected chi connectivity index (χ3v) is 5.49. The number of aromatic nitrogens is 2. The fourth-order valence-electron chi connectivity index (χ4n) is 3.65. The molecular formula is C25H24N4O5. The molecule has 0 bridgehead atoms. The summed E-state index contributed by atoms with van der Waals surface area (Å²) in [7, 11) is 1.56. The van der Waals surface area contributed by atoms with E-state index >= 15 is 0 Å². The van der Waals surface area contributed by atoms with E-state index in [0.29, 0.717) is 30.3 Å². The molecule has 3 heterocycles. The van der Waals surface area contributed by atoms with Crippen LogP contribution in [-0.2, 0) is 9.53 Å². The van der Waals surface area contributed by atoms with Gasteiger partial charge in [0, 0.05) is 19.3 Å². The number of rotatable bonds is 7. The maximum Gasteiger partial charge on any atom is 0.269 e. The second-order valence-corrected chi connectivity index (χ2v) is 7.81. The molecule has 1 atom stereocenters. The molecule has 34 heavy (non-hydrogen) atoms. The molecule has 1 aliphatic heterocycles. The molecule has 1 fully saturated rings. The van der Waals surface area contributed by atoms with Crippen LogP contribution in [-0.4, -0.2) is 41.7 Å². The number of benzene rings is 1. The van der Waals surface area contributed by atoms with E-state index in [1.807, 2.05) is 19.1 Å². The lowest BCUT2D eigenvalue weighted by molar-refractivity contribution is -0.117. The highest BCUT2D eigenvalue weighted by molar-refractivity contribution is 6.01. The molecule has 2 aromatic heterocycles. The van der Waals surface area contributed by atoms with E-state index in [9.17, 15) is 14.9 Å². The largest absolute Gasteiger partial charge is 0.497 e. The first-order chi connectivity index (χ1) is 16.5. The number of hydrogen-bond acceptors (Lipinski definition) is 7. The predicted molar refractivity (Wildman–Crippen MR) is 125 cm³/mol. The Morgan fingerprint density at radius 1 is 1.32 bits per heavy atom. The Bertz CT molecular complexity index is 1330. The van der Waals surface area contributed by atoms with Crippen LogP contribution in [0.2, 0.25) is 0 Å². The van der Waals surface area contributed by atoms with Crippen LogP contribution in [0.4, 0.5) is 0 Å². The summed E-state index contributed by atoms with van der Waals surface area (Å²) in [5, 5.41) is 12.3. The predicted octanol–water partition coefficient (Wildman–Crippen LogP) is 3.01. The molecule has 9 heteroatoms. The first-order valence-electron chi connectivity index (χ1n) is 10.9. The zero-order chi connectivity index (χ0) is 24.1. The molecule has 1 aromatic carbocycles. The molecule has 0 spiro atoms. The van der Waals surface area contributed by atoms with Crippen LogP contribution in [0.15, 0.2) is 53.0 Å². The number of hydrogen-bond donors (Lipinski definition) is 1. The van der Waals surface area contributed by atoms with E-state index in [-0.39, 0.29) is 23.1 Å². The Morgan fingerprint density at radius 3 is 2.76 bits per heavy atom. The van der Waals surface area contributed by atoms with Gasteiger partial charge >= 0.3 is 0 Å². The molecule has 1 amide bonds. The number of nitrogens with one attached hydrogen (secondary N) is 1. The Hall–Kier alpha value is -4.16. The molecule has 3 aromatic rings. The van der Waals surface area contributed by atoms with Gasteiger partial charge in [0.1, 0.15) is 34.4 Å².